The van der Waals surface area contributed by atoms with Crippen LogP contribution in [0, 0.1) is 0 Å². The number of rotatable bonds is 10. The fourth-order valence-corrected chi connectivity index (χ4v) is 4.65. The van der Waals surface area contributed by atoms with Gasteiger partial charge in [-0.2, -0.15) is 0 Å². The highest BCUT2D eigenvalue weighted by Crippen LogP contribution is 2.23. The summed E-state index contributed by atoms with van der Waals surface area (Å²) >= 11 is 0. The van der Waals surface area contributed by atoms with Crippen LogP contribution in [0.25, 0.3) is 11.1 Å². The number of likely N-dealkylation sites (tertiary alicyclic amines) is 2. The molecule has 0 bridgehead atoms. The Morgan fingerprint density at radius 2 is 1.74 bits per heavy atom. The van der Waals surface area contributed by atoms with E-state index >= 15 is 0 Å². The Bertz CT molecular complexity index is 1000. The van der Waals surface area contributed by atoms with Crippen molar-refractivity contribution in [3.63, 3.8) is 0 Å². The summed E-state index contributed by atoms with van der Waals surface area (Å²) in [5.41, 5.74) is 3.55. The summed E-state index contributed by atoms with van der Waals surface area (Å²) in [5, 5.41) is 6.97. The van der Waals surface area contributed by atoms with Crippen LogP contribution in [0.4, 0.5) is 0 Å². The van der Waals surface area contributed by atoms with Gasteiger partial charge in [-0.15, -0.1) is 0 Å². The molecular weight excluding hydrogens is 444 g/mol. The number of hydrogen-bond donors (Lipinski definition) is 1. The Morgan fingerprint density at radius 1 is 1.03 bits per heavy atom. The van der Waals surface area contributed by atoms with Crippen LogP contribution in [0.15, 0.2) is 59.8 Å². The predicted molar refractivity (Wildman–Crippen MR) is 135 cm³/mol. The first kappa shape index (κ1) is 24.9. The molecule has 0 saturated carbocycles. The van der Waals surface area contributed by atoms with Crippen LogP contribution in [0.3, 0.4) is 0 Å². The molecule has 2 saturated heterocycles. The number of hydrogen-bond acceptors (Lipinski definition) is 6. The highest BCUT2D eigenvalue weighted by atomic mass is 16.6. The highest BCUT2D eigenvalue weighted by Gasteiger charge is 2.34. The fraction of sp³-hybridized carbons (Fsp3) is 0.444. The van der Waals surface area contributed by atoms with Crippen LogP contribution < -0.4 is 5.32 Å². The van der Waals surface area contributed by atoms with E-state index in [1.807, 2.05) is 54.6 Å². The highest BCUT2D eigenvalue weighted by molar-refractivity contribution is 6.00. The van der Waals surface area contributed by atoms with Gasteiger partial charge in [0.05, 0.1) is 24.9 Å². The van der Waals surface area contributed by atoms with Gasteiger partial charge in [0.2, 0.25) is 5.91 Å². The number of oxime groups is 1. The minimum atomic E-state index is -0.206. The molecule has 2 fully saturated rings. The van der Waals surface area contributed by atoms with Crippen molar-refractivity contribution in [3.05, 3.63) is 60.2 Å². The molecule has 0 aromatic heterocycles. The molecule has 0 spiro atoms. The molecule has 0 unspecified atom stereocenters. The quantitative estimate of drug-likeness (QED) is 0.531. The van der Waals surface area contributed by atoms with Crippen molar-refractivity contribution < 1.29 is 19.2 Å². The lowest BCUT2D eigenvalue weighted by molar-refractivity contribution is -0.126. The van der Waals surface area contributed by atoms with Crippen molar-refractivity contribution in [2.75, 3.05) is 53.0 Å². The average Bonchev–Trinajstić information content (AvgIpc) is 3.55. The third-order valence-corrected chi connectivity index (χ3v) is 6.48. The molecule has 4 rings (SSSR count). The molecule has 8 heteroatoms. The van der Waals surface area contributed by atoms with Crippen LogP contribution in [-0.2, 0) is 14.4 Å². The standard InChI is InChI=1S/C27H34N4O4/c1-34-29-24-17-25(19-35-20-26(32)28-13-16-30-14-5-6-15-30)31(18-24)27(33)23-11-9-22(10-12-23)21-7-3-2-4-8-21/h2-4,7-12,25H,5-6,13-20H2,1H3,(H,28,32)/t25-/m0/s1. The van der Waals surface area contributed by atoms with Gasteiger partial charge in [-0.1, -0.05) is 47.6 Å². The third kappa shape index (κ3) is 6.90. The zero-order valence-corrected chi connectivity index (χ0v) is 20.3. The maximum absolute atomic E-state index is 13.3. The summed E-state index contributed by atoms with van der Waals surface area (Å²) in [6, 6.07) is 17.5. The van der Waals surface area contributed by atoms with E-state index in [-0.39, 0.29) is 31.1 Å². The molecule has 186 valence electrons. The first-order valence-electron chi connectivity index (χ1n) is 12.3. The van der Waals surface area contributed by atoms with E-state index in [0.29, 0.717) is 25.1 Å². The molecule has 2 amide bonds. The van der Waals surface area contributed by atoms with Gasteiger partial charge in [-0.3, -0.25) is 9.59 Å². The topological polar surface area (TPSA) is 83.5 Å². The van der Waals surface area contributed by atoms with Gasteiger partial charge in [-0.05, 0) is 49.2 Å². The maximum atomic E-state index is 13.3. The summed E-state index contributed by atoms with van der Waals surface area (Å²) in [6.07, 6.45) is 3.02. The molecule has 2 aliphatic heterocycles. The van der Waals surface area contributed by atoms with E-state index in [4.69, 9.17) is 9.57 Å². The molecular formula is C27H34N4O4. The van der Waals surface area contributed by atoms with Crippen LogP contribution in [0.2, 0.25) is 0 Å². The van der Waals surface area contributed by atoms with Crippen LogP contribution in [0.1, 0.15) is 29.6 Å². The Labute approximate surface area is 206 Å². The number of ether oxygens (including phenoxy) is 1. The summed E-state index contributed by atoms with van der Waals surface area (Å²) in [6.45, 7) is 4.33. The Hall–Kier alpha value is -3.23. The second kappa shape index (κ2) is 12.5. The van der Waals surface area contributed by atoms with Gasteiger partial charge < -0.3 is 24.7 Å². The molecule has 2 aliphatic rings. The fourth-order valence-electron chi connectivity index (χ4n) is 4.65. The summed E-state index contributed by atoms with van der Waals surface area (Å²) in [7, 11) is 1.50. The minimum Gasteiger partial charge on any atom is -0.399 e. The molecule has 2 heterocycles. The lowest BCUT2D eigenvalue weighted by Gasteiger charge is -2.24. The SMILES string of the molecule is CON=C1C[C@@H](COCC(=O)NCCN2CCCC2)N(C(=O)c2ccc(-c3ccccc3)cc2)C1. The van der Waals surface area contributed by atoms with Crippen molar-refractivity contribution in [1.29, 1.82) is 0 Å². The lowest BCUT2D eigenvalue weighted by Crippen LogP contribution is -2.40. The van der Waals surface area contributed by atoms with Crippen molar-refractivity contribution in [2.24, 2.45) is 5.16 Å². The Kier molecular flexibility index (Phi) is 8.86. The van der Waals surface area contributed by atoms with Crippen LogP contribution >= 0.6 is 0 Å². The number of benzene rings is 2. The zero-order valence-electron chi connectivity index (χ0n) is 20.3. The molecule has 2 aromatic carbocycles. The van der Waals surface area contributed by atoms with Crippen LogP contribution in [0.5, 0.6) is 0 Å². The first-order valence-corrected chi connectivity index (χ1v) is 12.3. The summed E-state index contributed by atoms with van der Waals surface area (Å²) in [5.74, 6) is -0.225. The first-order chi connectivity index (χ1) is 17.1. The summed E-state index contributed by atoms with van der Waals surface area (Å²) in [4.78, 5) is 34.5. The second-order valence-corrected chi connectivity index (χ2v) is 8.99. The van der Waals surface area contributed by atoms with E-state index in [2.05, 4.69) is 15.4 Å². The Morgan fingerprint density at radius 3 is 2.46 bits per heavy atom. The summed E-state index contributed by atoms with van der Waals surface area (Å²) < 4.78 is 5.71. The van der Waals surface area contributed by atoms with Gasteiger partial charge in [0.1, 0.15) is 13.7 Å². The van der Waals surface area contributed by atoms with E-state index in [1.54, 1.807) is 4.90 Å². The lowest BCUT2D eigenvalue weighted by atomic mass is 10.0. The van der Waals surface area contributed by atoms with Crippen molar-refractivity contribution in [2.45, 2.75) is 25.3 Å². The molecule has 8 nitrogen and oxygen atoms in total. The normalized spacial score (nSPS) is 19.3. The van der Waals surface area contributed by atoms with Gasteiger partial charge in [0.25, 0.3) is 5.91 Å². The second-order valence-electron chi connectivity index (χ2n) is 8.99. The molecule has 1 N–H and O–H groups in total. The largest absolute Gasteiger partial charge is 0.399 e. The molecule has 0 radical (unpaired) electrons. The van der Waals surface area contributed by atoms with Gasteiger partial charge in [-0.25, -0.2) is 0 Å². The zero-order chi connectivity index (χ0) is 24.5. The van der Waals surface area contributed by atoms with Gasteiger partial charge in [0, 0.05) is 25.1 Å². The molecule has 35 heavy (non-hydrogen) atoms. The third-order valence-electron chi connectivity index (χ3n) is 6.48. The molecule has 0 aliphatic carbocycles. The van der Waals surface area contributed by atoms with E-state index < -0.39 is 0 Å². The minimum absolute atomic E-state index is 0.0267. The number of amides is 2. The van der Waals surface area contributed by atoms with Crippen LogP contribution in [-0.4, -0.2) is 86.4 Å². The number of nitrogens with zero attached hydrogens (tertiary/aromatic N) is 3. The maximum Gasteiger partial charge on any atom is 0.254 e. The van der Waals surface area contributed by atoms with E-state index in [9.17, 15) is 9.59 Å². The van der Waals surface area contributed by atoms with Crippen molar-refractivity contribution in [1.82, 2.24) is 15.1 Å². The number of carbonyl (C=O) groups is 2. The predicted octanol–water partition coefficient (Wildman–Crippen LogP) is 2.80. The van der Waals surface area contributed by atoms with Crippen molar-refractivity contribution >= 4 is 17.5 Å². The molecule has 1 atom stereocenters. The number of nitrogens with one attached hydrogen (secondary N) is 1. The van der Waals surface area contributed by atoms with E-state index in [1.165, 1.54) is 20.0 Å². The van der Waals surface area contributed by atoms with Gasteiger partial charge >= 0.3 is 0 Å². The van der Waals surface area contributed by atoms with E-state index in [0.717, 1.165) is 36.5 Å². The number of carbonyl (C=O) groups excluding carboxylic acids is 2. The Balaban J connectivity index is 1.30. The molecule has 2 aromatic rings. The van der Waals surface area contributed by atoms with Gasteiger partial charge in [0.15, 0.2) is 0 Å². The monoisotopic (exact) mass is 478 g/mol. The van der Waals surface area contributed by atoms with Crippen molar-refractivity contribution in [3.8, 4) is 11.1 Å². The average molecular weight is 479 g/mol. The smallest absolute Gasteiger partial charge is 0.254 e.